The molecule has 2 aliphatic rings. The molecule has 1 nitrogen and oxygen atoms in total. The molecule has 1 saturated carbocycles. The van der Waals surface area contributed by atoms with Crippen LogP contribution in [0.2, 0.25) is 0 Å². The van der Waals surface area contributed by atoms with Crippen LogP contribution in [-0.4, -0.2) is 13.1 Å². The summed E-state index contributed by atoms with van der Waals surface area (Å²) in [6.07, 6.45) is 16.1. The molecule has 1 N–H and O–H groups in total. The average molecular weight is 173 g/mol. The Kier molecular flexibility index (Phi) is 2.46. The van der Waals surface area contributed by atoms with Crippen LogP contribution in [0.1, 0.15) is 6.42 Å². The third kappa shape index (κ3) is 1.99. The molecule has 0 unspecified atom stereocenters. The highest BCUT2D eigenvalue weighted by Gasteiger charge is 2.37. The van der Waals surface area contributed by atoms with Gasteiger partial charge in [0.1, 0.15) is 0 Å². The molecule has 0 spiro atoms. The highest BCUT2D eigenvalue weighted by Crippen LogP contribution is 2.37. The summed E-state index contributed by atoms with van der Waals surface area (Å²) in [4.78, 5) is 0. The smallest absolute Gasteiger partial charge is 0.0140 e. The van der Waals surface area contributed by atoms with Crippen molar-refractivity contribution in [2.75, 3.05) is 7.05 Å². The summed E-state index contributed by atoms with van der Waals surface area (Å²) in [6.45, 7) is 0. The van der Waals surface area contributed by atoms with Gasteiger partial charge >= 0.3 is 0 Å². The molecule has 0 saturated heterocycles. The fourth-order valence-corrected chi connectivity index (χ4v) is 1.71. The van der Waals surface area contributed by atoms with Gasteiger partial charge in [0.2, 0.25) is 0 Å². The van der Waals surface area contributed by atoms with Gasteiger partial charge < -0.3 is 5.32 Å². The fourth-order valence-electron chi connectivity index (χ4n) is 1.71. The van der Waals surface area contributed by atoms with Gasteiger partial charge in [0, 0.05) is 12.0 Å². The molecule has 1 heteroatoms. The minimum Gasteiger partial charge on any atom is -0.316 e. The van der Waals surface area contributed by atoms with E-state index in [1.54, 1.807) is 0 Å². The predicted molar refractivity (Wildman–Crippen MR) is 56.5 cm³/mol. The second kappa shape index (κ2) is 3.75. The van der Waals surface area contributed by atoms with Gasteiger partial charge in [-0.3, -0.25) is 0 Å². The molecular weight excluding hydrogens is 158 g/mol. The van der Waals surface area contributed by atoms with Crippen LogP contribution in [0.5, 0.6) is 0 Å². The number of rotatable bonds is 2. The van der Waals surface area contributed by atoms with Crippen molar-refractivity contribution in [2.24, 2.45) is 5.92 Å². The third-order valence-corrected chi connectivity index (χ3v) is 2.61. The maximum Gasteiger partial charge on any atom is 0.0140 e. The summed E-state index contributed by atoms with van der Waals surface area (Å²) in [5.74, 6) is 0.734. The molecule has 0 aromatic carbocycles. The quantitative estimate of drug-likeness (QED) is 0.675. The van der Waals surface area contributed by atoms with E-state index in [-0.39, 0.29) is 0 Å². The van der Waals surface area contributed by atoms with Crippen molar-refractivity contribution in [3.05, 3.63) is 48.1 Å². The van der Waals surface area contributed by atoms with Gasteiger partial charge in [-0.2, -0.15) is 0 Å². The van der Waals surface area contributed by atoms with Crippen LogP contribution < -0.4 is 5.32 Å². The van der Waals surface area contributed by atoms with E-state index in [0.29, 0.717) is 6.04 Å². The van der Waals surface area contributed by atoms with E-state index >= 15 is 0 Å². The summed E-state index contributed by atoms with van der Waals surface area (Å²) in [6, 6.07) is 0.702. The van der Waals surface area contributed by atoms with Crippen molar-refractivity contribution in [3.63, 3.8) is 0 Å². The molecule has 0 radical (unpaired) electrons. The molecule has 0 heterocycles. The lowest BCUT2D eigenvalue weighted by molar-refractivity contribution is 0.765. The zero-order chi connectivity index (χ0) is 9.10. The summed E-state index contributed by atoms with van der Waals surface area (Å²) in [7, 11) is 2.04. The third-order valence-electron chi connectivity index (χ3n) is 2.61. The van der Waals surface area contributed by atoms with Crippen LogP contribution in [0.15, 0.2) is 48.1 Å². The summed E-state index contributed by atoms with van der Waals surface area (Å²) in [5.41, 5.74) is 1.44. The molecule has 2 atom stereocenters. The van der Waals surface area contributed by atoms with Crippen molar-refractivity contribution in [1.82, 2.24) is 5.32 Å². The maximum absolute atomic E-state index is 3.31. The second-order valence-electron chi connectivity index (χ2n) is 3.53. The lowest BCUT2D eigenvalue weighted by Crippen LogP contribution is -2.11. The second-order valence-corrected chi connectivity index (χ2v) is 3.53. The highest BCUT2D eigenvalue weighted by atomic mass is 14.9. The minimum atomic E-state index is 0.702. The van der Waals surface area contributed by atoms with E-state index in [0.717, 1.165) is 5.92 Å². The minimum absolute atomic E-state index is 0.702. The summed E-state index contributed by atoms with van der Waals surface area (Å²) < 4.78 is 0. The number of hydrogen-bond donors (Lipinski definition) is 1. The first-order valence-electron chi connectivity index (χ1n) is 4.80. The molecule has 0 bridgehead atoms. The lowest BCUT2D eigenvalue weighted by Gasteiger charge is -2.00. The van der Waals surface area contributed by atoms with Gasteiger partial charge in [0.15, 0.2) is 0 Å². The predicted octanol–water partition coefficient (Wildman–Crippen LogP) is 2.20. The maximum atomic E-state index is 3.31. The SMILES string of the molecule is CN[C@@H]1C[C@H]1C1=C/C=C\C=C/C=C\1. The summed E-state index contributed by atoms with van der Waals surface area (Å²) in [5, 5.41) is 3.31. The van der Waals surface area contributed by atoms with Crippen LogP contribution in [0.25, 0.3) is 0 Å². The highest BCUT2D eigenvalue weighted by molar-refractivity contribution is 5.36. The Labute approximate surface area is 79.5 Å². The number of hydrogen-bond acceptors (Lipinski definition) is 1. The average Bonchev–Trinajstić information content (AvgIpc) is 2.82. The Bertz CT molecular complexity index is 294. The largest absolute Gasteiger partial charge is 0.316 e. The van der Waals surface area contributed by atoms with Crippen molar-refractivity contribution in [3.8, 4) is 0 Å². The lowest BCUT2D eigenvalue weighted by atomic mass is 10.1. The first-order valence-corrected chi connectivity index (χ1v) is 4.80. The molecule has 2 rings (SSSR count). The van der Waals surface area contributed by atoms with Crippen LogP contribution in [-0.2, 0) is 0 Å². The Morgan fingerprint density at radius 3 is 2.69 bits per heavy atom. The van der Waals surface area contributed by atoms with Crippen molar-refractivity contribution in [1.29, 1.82) is 0 Å². The van der Waals surface area contributed by atoms with Gasteiger partial charge in [0.25, 0.3) is 0 Å². The molecule has 0 amide bonds. The van der Waals surface area contributed by atoms with Crippen LogP contribution >= 0.6 is 0 Å². The van der Waals surface area contributed by atoms with Crippen LogP contribution in [0.4, 0.5) is 0 Å². The van der Waals surface area contributed by atoms with Gasteiger partial charge in [0.05, 0.1) is 0 Å². The molecule has 2 aliphatic carbocycles. The fraction of sp³-hybridized carbons (Fsp3) is 0.333. The summed E-state index contributed by atoms with van der Waals surface area (Å²) >= 11 is 0. The van der Waals surface area contributed by atoms with Crippen molar-refractivity contribution < 1.29 is 0 Å². The first kappa shape index (κ1) is 8.52. The number of nitrogens with one attached hydrogen (secondary N) is 1. The normalized spacial score (nSPS) is 42.4. The van der Waals surface area contributed by atoms with Crippen molar-refractivity contribution >= 4 is 0 Å². The standard InChI is InChI=1S/C12H15N/c1-13-12-9-11(12)10-7-5-3-2-4-6-8-10/h2-8,11-13H,9H2,1H3/b3-2-,4-2?,5-3?,6-4-,7-5-,8-6?,10-7?,10-8+/t11-,12+/m0/s1. The Balaban J connectivity index is 2.06. The first-order chi connectivity index (χ1) is 6.42. The van der Waals surface area contributed by atoms with E-state index in [2.05, 4.69) is 41.8 Å². The topological polar surface area (TPSA) is 12.0 Å². The van der Waals surface area contributed by atoms with Gasteiger partial charge in [-0.15, -0.1) is 0 Å². The Morgan fingerprint density at radius 2 is 1.92 bits per heavy atom. The Hall–Kier alpha value is -1.08. The van der Waals surface area contributed by atoms with Crippen LogP contribution in [0, 0.1) is 5.92 Å². The number of allylic oxidation sites excluding steroid dienone is 7. The zero-order valence-electron chi connectivity index (χ0n) is 7.90. The van der Waals surface area contributed by atoms with E-state index in [9.17, 15) is 0 Å². The van der Waals surface area contributed by atoms with E-state index < -0.39 is 0 Å². The van der Waals surface area contributed by atoms with Crippen molar-refractivity contribution in [2.45, 2.75) is 12.5 Å². The molecular formula is C12H15N. The molecule has 0 aliphatic heterocycles. The molecule has 1 fully saturated rings. The van der Waals surface area contributed by atoms with E-state index in [1.807, 2.05) is 13.1 Å². The van der Waals surface area contributed by atoms with E-state index in [4.69, 9.17) is 0 Å². The van der Waals surface area contributed by atoms with Gasteiger partial charge in [-0.1, -0.05) is 42.5 Å². The molecule has 68 valence electrons. The van der Waals surface area contributed by atoms with Gasteiger partial charge in [-0.25, -0.2) is 0 Å². The molecule has 0 aromatic rings. The monoisotopic (exact) mass is 173 g/mol. The van der Waals surface area contributed by atoms with E-state index in [1.165, 1.54) is 12.0 Å². The van der Waals surface area contributed by atoms with Gasteiger partial charge in [-0.05, 0) is 19.0 Å². The Morgan fingerprint density at radius 1 is 1.15 bits per heavy atom. The molecule has 13 heavy (non-hydrogen) atoms. The zero-order valence-corrected chi connectivity index (χ0v) is 7.90. The molecule has 0 aromatic heterocycles. The van der Waals surface area contributed by atoms with Crippen LogP contribution in [0.3, 0.4) is 0 Å².